The molecule has 6 heteroatoms. The molecule has 0 radical (unpaired) electrons. The topological polar surface area (TPSA) is 71.3 Å². The summed E-state index contributed by atoms with van der Waals surface area (Å²) in [6, 6.07) is 8.08. The number of rotatable bonds is 5. The molecule has 1 saturated heterocycles. The number of aromatic nitrogens is 1. The van der Waals surface area contributed by atoms with Crippen molar-refractivity contribution < 1.29 is 14.7 Å². The molecule has 1 aromatic heterocycles. The molecule has 2 heterocycles. The Morgan fingerprint density at radius 3 is 2.87 bits per heavy atom. The monoisotopic (exact) mass is 332 g/mol. The van der Waals surface area contributed by atoms with Gasteiger partial charge in [-0.15, -0.1) is 0 Å². The van der Waals surface area contributed by atoms with Gasteiger partial charge in [0, 0.05) is 36.3 Å². The molecule has 122 valence electrons. The van der Waals surface area contributed by atoms with E-state index in [1.807, 2.05) is 31.4 Å². The Bertz CT molecular complexity index is 747. The van der Waals surface area contributed by atoms with Crippen LogP contribution >= 0.6 is 11.8 Å². The van der Waals surface area contributed by atoms with E-state index in [2.05, 4.69) is 16.0 Å². The minimum absolute atomic E-state index is 0.192. The molecule has 1 aliphatic rings. The normalized spacial score (nSPS) is 20.7. The second-order valence-corrected chi connectivity index (χ2v) is 7.13. The first-order chi connectivity index (χ1) is 11.0. The highest BCUT2D eigenvalue weighted by Crippen LogP contribution is 2.28. The molecule has 3 rings (SSSR count). The lowest BCUT2D eigenvalue weighted by Gasteiger charge is -2.24. The highest BCUT2D eigenvalue weighted by molar-refractivity contribution is 7.99. The van der Waals surface area contributed by atoms with E-state index in [0.717, 1.165) is 22.2 Å². The predicted molar refractivity (Wildman–Crippen MR) is 91.7 cm³/mol. The van der Waals surface area contributed by atoms with Crippen molar-refractivity contribution in [3.8, 4) is 0 Å². The van der Waals surface area contributed by atoms with Crippen LogP contribution in [-0.4, -0.2) is 38.6 Å². The highest BCUT2D eigenvalue weighted by atomic mass is 32.2. The average molecular weight is 332 g/mol. The van der Waals surface area contributed by atoms with Crippen LogP contribution in [-0.2, 0) is 23.1 Å². The molecule has 0 spiro atoms. The molecule has 23 heavy (non-hydrogen) atoms. The van der Waals surface area contributed by atoms with Gasteiger partial charge in [0.15, 0.2) is 0 Å². The molecular formula is C17H20N2O3S. The number of hydrogen-bond acceptors (Lipinski definition) is 3. The van der Waals surface area contributed by atoms with Crippen molar-refractivity contribution in [2.75, 3.05) is 11.5 Å². The van der Waals surface area contributed by atoms with Crippen molar-refractivity contribution >= 4 is 34.5 Å². The molecule has 0 bridgehead atoms. The summed E-state index contributed by atoms with van der Waals surface area (Å²) < 4.78 is 2.05. The Kier molecular flexibility index (Phi) is 4.35. The fourth-order valence-electron chi connectivity index (χ4n) is 3.09. The number of benzene rings is 1. The van der Waals surface area contributed by atoms with Gasteiger partial charge >= 0.3 is 5.97 Å². The number of aliphatic carboxylic acids is 1. The van der Waals surface area contributed by atoms with Crippen LogP contribution in [0.3, 0.4) is 0 Å². The van der Waals surface area contributed by atoms with Crippen molar-refractivity contribution in [3.05, 3.63) is 36.0 Å². The maximum Gasteiger partial charge on any atom is 0.330 e. The van der Waals surface area contributed by atoms with Gasteiger partial charge in [0.1, 0.15) is 5.54 Å². The Balaban J connectivity index is 1.68. The van der Waals surface area contributed by atoms with E-state index >= 15 is 0 Å². The van der Waals surface area contributed by atoms with Crippen LogP contribution in [0.15, 0.2) is 30.5 Å². The summed E-state index contributed by atoms with van der Waals surface area (Å²) in [5, 5.41) is 13.3. The lowest BCUT2D eigenvalue weighted by molar-refractivity contribution is -0.146. The molecule has 2 N–H and O–H groups in total. The Morgan fingerprint density at radius 2 is 2.17 bits per heavy atom. The lowest BCUT2D eigenvalue weighted by atomic mass is 9.98. The molecule has 1 aliphatic heterocycles. The van der Waals surface area contributed by atoms with Crippen molar-refractivity contribution in [2.24, 2.45) is 7.05 Å². The van der Waals surface area contributed by atoms with Gasteiger partial charge in [-0.25, -0.2) is 4.79 Å². The van der Waals surface area contributed by atoms with E-state index in [9.17, 15) is 14.7 Å². The SMILES string of the molecule is Cn1cc(CCC(=O)NC2(C(=O)O)CCSC2)c2ccccc21. The molecule has 1 aromatic carbocycles. The van der Waals surface area contributed by atoms with Gasteiger partial charge in [-0.2, -0.15) is 11.8 Å². The Hall–Kier alpha value is -1.95. The number of carbonyl (C=O) groups excluding carboxylic acids is 1. The number of nitrogens with zero attached hydrogens (tertiary/aromatic N) is 1. The standard InChI is InChI=1S/C17H20N2O3S/c1-19-10-12(13-4-2-3-5-14(13)19)6-7-15(20)18-17(16(21)22)8-9-23-11-17/h2-5,10H,6-9,11H2,1H3,(H,18,20)(H,21,22). The summed E-state index contributed by atoms with van der Waals surface area (Å²) in [5.74, 6) is 0.0990. The molecule has 2 aromatic rings. The maximum atomic E-state index is 12.2. The molecule has 1 fully saturated rings. The largest absolute Gasteiger partial charge is 0.479 e. The minimum atomic E-state index is -1.08. The van der Waals surface area contributed by atoms with Crippen molar-refractivity contribution in [2.45, 2.75) is 24.8 Å². The third-order valence-electron chi connectivity index (χ3n) is 4.41. The zero-order valence-electron chi connectivity index (χ0n) is 13.0. The fraction of sp³-hybridized carbons (Fsp3) is 0.412. The van der Waals surface area contributed by atoms with Gasteiger partial charge in [0.25, 0.3) is 0 Å². The van der Waals surface area contributed by atoms with Gasteiger partial charge in [0.2, 0.25) is 5.91 Å². The first-order valence-electron chi connectivity index (χ1n) is 7.67. The molecule has 1 amide bonds. The summed E-state index contributed by atoms with van der Waals surface area (Å²) in [6.45, 7) is 0. The maximum absolute atomic E-state index is 12.2. The second kappa shape index (κ2) is 6.28. The lowest BCUT2D eigenvalue weighted by Crippen LogP contribution is -2.54. The fourth-order valence-corrected chi connectivity index (χ4v) is 4.41. The van der Waals surface area contributed by atoms with Gasteiger partial charge in [-0.05, 0) is 30.2 Å². The van der Waals surface area contributed by atoms with E-state index in [1.165, 1.54) is 0 Å². The summed E-state index contributed by atoms with van der Waals surface area (Å²) in [4.78, 5) is 23.7. The smallest absolute Gasteiger partial charge is 0.330 e. The highest BCUT2D eigenvalue weighted by Gasteiger charge is 2.43. The number of nitrogens with one attached hydrogen (secondary N) is 1. The number of aryl methyl sites for hydroxylation is 2. The number of carboxylic acids is 1. The average Bonchev–Trinajstić information content (AvgIpc) is 3.12. The number of hydrogen-bond donors (Lipinski definition) is 2. The molecule has 0 aliphatic carbocycles. The number of fused-ring (bicyclic) bond motifs is 1. The molecule has 5 nitrogen and oxygen atoms in total. The quantitative estimate of drug-likeness (QED) is 0.880. The zero-order chi connectivity index (χ0) is 16.4. The summed E-state index contributed by atoms with van der Waals surface area (Å²) in [6.07, 6.45) is 3.44. The summed E-state index contributed by atoms with van der Waals surface area (Å²) in [7, 11) is 1.99. The third kappa shape index (κ3) is 3.08. The van der Waals surface area contributed by atoms with Crippen LogP contribution in [0.4, 0.5) is 0 Å². The van der Waals surface area contributed by atoms with E-state index < -0.39 is 11.5 Å². The van der Waals surface area contributed by atoms with E-state index in [0.29, 0.717) is 25.0 Å². The first-order valence-corrected chi connectivity index (χ1v) is 8.82. The van der Waals surface area contributed by atoms with E-state index in [1.54, 1.807) is 11.8 Å². The summed E-state index contributed by atoms with van der Waals surface area (Å²) in [5.41, 5.74) is 1.17. The van der Waals surface area contributed by atoms with Crippen LogP contribution in [0.1, 0.15) is 18.4 Å². The Labute approximate surface area is 139 Å². The molecule has 0 saturated carbocycles. The van der Waals surface area contributed by atoms with Gasteiger partial charge < -0.3 is 15.0 Å². The van der Waals surface area contributed by atoms with Crippen molar-refractivity contribution in [1.82, 2.24) is 9.88 Å². The molecule has 1 atom stereocenters. The van der Waals surface area contributed by atoms with Crippen LogP contribution < -0.4 is 5.32 Å². The number of para-hydroxylation sites is 1. The molecule has 1 unspecified atom stereocenters. The van der Waals surface area contributed by atoms with Gasteiger partial charge in [0.05, 0.1) is 0 Å². The number of carboxylic acid groups (broad SMARTS) is 1. The second-order valence-electron chi connectivity index (χ2n) is 6.02. The van der Waals surface area contributed by atoms with Crippen molar-refractivity contribution in [1.29, 1.82) is 0 Å². The van der Waals surface area contributed by atoms with Crippen LogP contribution in [0.25, 0.3) is 10.9 Å². The van der Waals surface area contributed by atoms with Crippen molar-refractivity contribution in [3.63, 3.8) is 0 Å². The molecular weight excluding hydrogens is 312 g/mol. The number of carbonyl (C=O) groups is 2. The number of thioether (sulfide) groups is 1. The Morgan fingerprint density at radius 1 is 1.39 bits per heavy atom. The van der Waals surface area contributed by atoms with Crippen LogP contribution in [0.5, 0.6) is 0 Å². The van der Waals surface area contributed by atoms with E-state index in [4.69, 9.17) is 0 Å². The minimum Gasteiger partial charge on any atom is -0.479 e. The van der Waals surface area contributed by atoms with Gasteiger partial charge in [-0.3, -0.25) is 4.79 Å². The van der Waals surface area contributed by atoms with Crippen LogP contribution in [0, 0.1) is 0 Å². The summed E-state index contributed by atoms with van der Waals surface area (Å²) >= 11 is 1.57. The zero-order valence-corrected chi connectivity index (χ0v) is 13.9. The predicted octanol–water partition coefficient (Wildman–Crippen LogP) is 2.19. The third-order valence-corrected chi connectivity index (χ3v) is 5.60. The van der Waals surface area contributed by atoms with Gasteiger partial charge in [-0.1, -0.05) is 18.2 Å². The van der Waals surface area contributed by atoms with E-state index in [-0.39, 0.29) is 5.91 Å². The first kappa shape index (κ1) is 15.9. The number of amides is 1. The van der Waals surface area contributed by atoms with Crippen LogP contribution in [0.2, 0.25) is 0 Å².